The molecule has 11 aromatic carbocycles. The second-order valence-corrected chi connectivity index (χ2v) is 17.7. The smallest absolute Gasteiger partial charge is 0.0541 e. The van der Waals surface area contributed by atoms with Crippen molar-refractivity contribution in [3.63, 3.8) is 0 Å². The van der Waals surface area contributed by atoms with E-state index in [0.717, 1.165) is 5.69 Å². The summed E-state index contributed by atoms with van der Waals surface area (Å²) >= 11 is 0. The van der Waals surface area contributed by atoms with Crippen LogP contribution in [0.4, 0.5) is 0 Å². The van der Waals surface area contributed by atoms with Gasteiger partial charge in [0.05, 0.1) is 11.0 Å². The minimum absolute atomic E-state index is 1.16. The molecule has 0 radical (unpaired) electrons. The summed E-state index contributed by atoms with van der Waals surface area (Å²) < 4.78 is 2.41. The lowest BCUT2D eigenvalue weighted by atomic mass is 9.94. The van der Waals surface area contributed by atoms with Crippen molar-refractivity contribution < 1.29 is 0 Å². The van der Waals surface area contributed by atoms with Crippen molar-refractivity contribution in [2.45, 2.75) is 0 Å². The first-order valence-corrected chi connectivity index (χ1v) is 20.3. The van der Waals surface area contributed by atoms with E-state index >= 15 is 0 Å². The Morgan fingerprint density at radius 3 is 1.19 bits per heavy atom. The van der Waals surface area contributed by atoms with Crippen LogP contribution in [0.1, 0.15) is 0 Å². The summed E-state index contributed by atoms with van der Waals surface area (Å²) in [6.07, 6.45) is 5.44. The van der Waals surface area contributed by atoms with Crippen molar-refractivity contribution in [3.8, 4) is 5.69 Å². The third-order valence-corrected chi connectivity index (χ3v) is 15.6. The molecule has 0 aliphatic carbocycles. The van der Waals surface area contributed by atoms with Gasteiger partial charge in [-0.2, -0.15) is 0 Å². The number of nitrogens with zero attached hydrogens (tertiary/aromatic N) is 1. The second-order valence-electron chi connectivity index (χ2n) is 14.6. The summed E-state index contributed by atoms with van der Waals surface area (Å²) in [7, 11) is 0. The van der Waals surface area contributed by atoms with Gasteiger partial charge in [-0.3, -0.25) is 0 Å². The molecule has 2 heteroatoms. The molecule has 0 saturated heterocycles. The molecule has 0 atom stereocenters. The SMILES string of the molecule is C=P(c1ccc(-n2c3ccccc3c3ccccc32)cc1)(c1ccc2ccc3cccc4ccc1c2c34)c1ccc2ccc3cccc4ccc1c2c34. The lowest BCUT2D eigenvalue weighted by molar-refractivity contribution is 1.18. The first-order chi connectivity index (χ1) is 26.2. The molecule has 1 aromatic heterocycles. The Kier molecular flexibility index (Phi) is 5.83. The van der Waals surface area contributed by atoms with Crippen LogP contribution in [0.3, 0.4) is 0 Å². The van der Waals surface area contributed by atoms with Crippen molar-refractivity contribution in [2.24, 2.45) is 0 Å². The van der Waals surface area contributed by atoms with Crippen LogP contribution in [0.2, 0.25) is 0 Å². The van der Waals surface area contributed by atoms with Crippen LogP contribution in [0.5, 0.6) is 0 Å². The van der Waals surface area contributed by atoms with Crippen LogP contribution in [-0.4, -0.2) is 10.9 Å². The minimum atomic E-state index is -2.50. The number of hydrogen-bond acceptors (Lipinski definition) is 0. The third kappa shape index (κ3) is 3.87. The van der Waals surface area contributed by atoms with E-state index in [9.17, 15) is 0 Å². The number of para-hydroxylation sites is 2. The highest BCUT2D eigenvalue weighted by Gasteiger charge is 2.28. The van der Waals surface area contributed by atoms with Gasteiger partial charge in [0.25, 0.3) is 0 Å². The van der Waals surface area contributed by atoms with Crippen molar-refractivity contribution in [1.29, 1.82) is 0 Å². The predicted molar refractivity (Wildman–Crippen MR) is 234 cm³/mol. The monoisotopic (exact) mass is 689 g/mol. The zero-order valence-corrected chi connectivity index (χ0v) is 29.8. The predicted octanol–water partition coefficient (Wildman–Crippen LogP) is 12.3. The van der Waals surface area contributed by atoms with Gasteiger partial charge < -0.3 is 4.57 Å². The molecule has 53 heavy (non-hydrogen) atoms. The van der Waals surface area contributed by atoms with Crippen molar-refractivity contribution in [1.82, 2.24) is 4.57 Å². The van der Waals surface area contributed by atoms with Crippen LogP contribution >= 0.6 is 6.89 Å². The first kappa shape index (κ1) is 29.2. The molecule has 0 saturated carbocycles. The third-order valence-electron chi connectivity index (χ3n) is 12.0. The Morgan fingerprint density at radius 1 is 0.321 bits per heavy atom. The molecule has 246 valence electrons. The average molecular weight is 690 g/mol. The Balaban J connectivity index is 1.18. The lowest BCUT2D eigenvalue weighted by Crippen LogP contribution is -2.27. The molecule has 0 bridgehead atoms. The maximum Gasteiger partial charge on any atom is 0.0541 e. The Labute approximate surface area is 306 Å². The van der Waals surface area contributed by atoms with Crippen LogP contribution in [0, 0.1) is 0 Å². The quantitative estimate of drug-likeness (QED) is 0.128. The molecule has 0 amide bonds. The molecule has 1 nitrogen and oxygen atoms in total. The highest BCUT2D eigenvalue weighted by atomic mass is 31.2. The fraction of sp³-hybridized carbons (Fsp3) is 0. The standard InChI is InChI=1S/C51H32NP/c1-53(46-30-22-36-18-16-32-8-6-10-34-20-28-42(46)50(36)48(32)34,47-31-23-37-19-17-33-9-7-11-35-21-29-43(47)51(37)49(33)35)39-26-24-38(25-27-39)52-44-14-4-2-12-40(44)41-13-3-5-15-45(41)52/h2-31H,1H2. The highest BCUT2D eigenvalue weighted by Crippen LogP contribution is 2.49. The number of benzene rings is 11. The van der Waals surface area contributed by atoms with Gasteiger partial charge in [-0.1, -0.05) is 164 Å². The summed E-state index contributed by atoms with van der Waals surface area (Å²) in [5.41, 5.74) is 3.59. The van der Waals surface area contributed by atoms with Gasteiger partial charge in [-0.05, 0) is 112 Å². The fourth-order valence-corrected chi connectivity index (χ4v) is 12.9. The van der Waals surface area contributed by atoms with Gasteiger partial charge in [-0.25, -0.2) is 0 Å². The van der Waals surface area contributed by atoms with Crippen LogP contribution < -0.4 is 15.9 Å². The van der Waals surface area contributed by atoms with Gasteiger partial charge in [0.2, 0.25) is 0 Å². The van der Waals surface area contributed by atoms with E-state index in [0.29, 0.717) is 0 Å². The van der Waals surface area contributed by atoms with Crippen molar-refractivity contribution in [2.75, 3.05) is 0 Å². The lowest BCUT2D eigenvalue weighted by Gasteiger charge is -2.30. The molecular weight excluding hydrogens is 658 g/mol. The van der Waals surface area contributed by atoms with E-state index in [1.165, 1.54) is 102 Å². The van der Waals surface area contributed by atoms with Crippen molar-refractivity contribution in [3.05, 3.63) is 182 Å². The van der Waals surface area contributed by atoms with Crippen LogP contribution in [0.25, 0.3) is 92.1 Å². The van der Waals surface area contributed by atoms with Crippen LogP contribution in [0.15, 0.2) is 182 Å². The number of hydrogen-bond donors (Lipinski definition) is 0. The zero-order valence-electron chi connectivity index (χ0n) is 28.9. The number of aromatic nitrogens is 1. The normalized spacial score (nSPS) is 12.6. The molecule has 0 aliphatic heterocycles. The molecule has 0 unspecified atom stereocenters. The van der Waals surface area contributed by atoms with E-state index in [1.807, 2.05) is 0 Å². The molecule has 0 aliphatic rings. The first-order valence-electron chi connectivity index (χ1n) is 18.3. The molecule has 0 spiro atoms. The van der Waals surface area contributed by atoms with E-state index < -0.39 is 6.89 Å². The fourth-order valence-electron chi connectivity index (χ4n) is 9.57. The summed E-state index contributed by atoms with van der Waals surface area (Å²) in [5.74, 6) is 0. The zero-order chi connectivity index (χ0) is 34.8. The Hall–Kier alpha value is -6.40. The maximum absolute atomic E-state index is 5.44. The summed E-state index contributed by atoms with van der Waals surface area (Å²) in [5, 5.41) is 22.1. The topological polar surface area (TPSA) is 4.93 Å². The van der Waals surface area contributed by atoms with Crippen LogP contribution in [-0.2, 0) is 0 Å². The molecule has 12 aromatic rings. The summed E-state index contributed by atoms with van der Waals surface area (Å²) in [4.78, 5) is 0. The minimum Gasteiger partial charge on any atom is -0.309 e. The maximum atomic E-state index is 5.44. The molecule has 0 fully saturated rings. The highest BCUT2D eigenvalue weighted by molar-refractivity contribution is 7.94. The number of fused-ring (bicyclic) bond motifs is 3. The van der Waals surface area contributed by atoms with E-state index in [2.05, 4.69) is 187 Å². The summed E-state index contributed by atoms with van der Waals surface area (Å²) in [6, 6.07) is 68.1. The van der Waals surface area contributed by atoms with Gasteiger partial charge in [0.1, 0.15) is 0 Å². The average Bonchev–Trinajstić information content (AvgIpc) is 3.56. The van der Waals surface area contributed by atoms with Crippen molar-refractivity contribution >= 4 is 116 Å². The van der Waals surface area contributed by atoms with E-state index in [1.54, 1.807) is 0 Å². The van der Waals surface area contributed by atoms with Gasteiger partial charge in [0, 0.05) is 16.5 Å². The van der Waals surface area contributed by atoms with Gasteiger partial charge in [0.15, 0.2) is 0 Å². The molecule has 12 rings (SSSR count). The second kappa shape index (κ2) is 10.6. The molecule has 1 heterocycles. The largest absolute Gasteiger partial charge is 0.309 e. The number of rotatable bonds is 4. The Morgan fingerprint density at radius 2 is 0.717 bits per heavy atom. The van der Waals surface area contributed by atoms with Gasteiger partial charge in [-0.15, -0.1) is 0 Å². The van der Waals surface area contributed by atoms with E-state index in [-0.39, 0.29) is 0 Å². The summed E-state index contributed by atoms with van der Waals surface area (Å²) in [6.45, 7) is -2.50. The Bertz CT molecular complexity index is 3240. The molecule has 0 N–H and O–H groups in total. The van der Waals surface area contributed by atoms with E-state index in [4.69, 9.17) is 6.30 Å². The van der Waals surface area contributed by atoms with Gasteiger partial charge >= 0.3 is 0 Å². The molecular formula is C51H32NP.